The van der Waals surface area contributed by atoms with Crippen LogP contribution in [0, 0.1) is 11.3 Å². The number of hydrogen-bond acceptors (Lipinski definition) is 9. The Labute approximate surface area is 300 Å². The molecule has 3 aromatic carbocycles. The summed E-state index contributed by atoms with van der Waals surface area (Å²) in [5.74, 6) is -3.25. The van der Waals surface area contributed by atoms with Gasteiger partial charge in [-0.2, -0.15) is 0 Å². The van der Waals surface area contributed by atoms with Gasteiger partial charge in [-0.15, -0.1) is 0 Å². The molecule has 0 aliphatic carbocycles. The average molecular weight is 743 g/mol. The summed E-state index contributed by atoms with van der Waals surface area (Å²) < 4.78 is 40.6. The maximum absolute atomic E-state index is 13.9. The number of ether oxygens (including phenoxy) is 2. The number of hydrogen-bond donors (Lipinski definition) is 0. The number of sulfone groups is 1. The summed E-state index contributed by atoms with van der Waals surface area (Å²) >= 11 is 13.5. The molecule has 1 amide bonds. The molecule has 1 unspecified atom stereocenters. The maximum atomic E-state index is 13.9. The molecular formula is C37H37Cl2NO9S. The second-order valence-corrected chi connectivity index (χ2v) is 16.2. The number of carbonyl (C=O) groups is 4. The molecule has 2 atom stereocenters. The van der Waals surface area contributed by atoms with E-state index in [1.54, 1.807) is 62.3 Å². The molecule has 50 heavy (non-hydrogen) atoms. The van der Waals surface area contributed by atoms with Crippen molar-refractivity contribution in [3.8, 4) is 0 Å². The number of rotatable bonds is 10. The molecule has 5 rings (SSSR count). The fourth-order valence-corrected chi connectivity index (χ4v) is 7.21. The van der Waals surface area contributed by atoms with Gasteiger partial charge >= 0.3 is 11.9 Å². The monoisotopic (exact) mass is 741 g/mol. The van der Waals surface area contributed by atoms with Crippen LogP contribution in [0.1, 0.15) is 71.5 Å². The molecule has 4 aromatic rings. The lowest BCUT2D eigenvalue weighted by Gasteiger charge is -2.30. The number of ketones is 1. The molecule has 0 saturated heterocycles. The van der Waals surface area contributed by atoms with Gasteiger partial charge in [-0.25, -0.2) is 8.42 Å². The molecule has 13 heteroatoms. The van der Waals surface area contributed by atoms with Gasteiger partial charge in [0, 0.05) is 43.6 Å². The van der Waals surface area contributed by atoms with Crippen molar-refractivity contribution in [1.29, 1.82) is 0 Å². The topological polar surface area (TPSA) is 137 Å². The lowest BCUT2D eigenvalue weighted by atomic mass is 9.89. The quantitative estimate of drug-likeness (QED) is 0.0935. The molecule has 0 radical (unpaired) electrons. The van der Waals surface area contributed by atoms with E-state index in [1.807, 2.05) is 12.1 Å². The Morgan fingerprint density at radius 3 is 2.44 bits per heavy atom. The van der Waals surface area contributed by atoms with E-state index in [9.17, 15) is 27.6 Å². The van der Waals surface area contributed by atoms with Gasteiger partial charge in [0.05, 0.1) is 38.1 Å². The smallest absolute Gasteiger partial charge is 0.314 e. The van der Waals surface area contributed by atoms with Gasteiger partial charge in [0.15, 0.2) is 15.6 Å². The third-order valence-corrected chi connectivity index (χ3v) is 10.2. The van der Waals surface area contributed by atoms with Crippen LogP contribution in [0.5, 0.6) is 0 Å². The third-order valence-electron chi connectivity index (χ3n) is 8.42. The van der Waals surface area contributed by atoms with Crippen LogP contribution in [0.4, 0.5) is 0 Å². The zero-order chi connectivity index (χ0) is 36.5. The second kappa shape index (κ2) is 14.6. The van der Waals surface area contributed by atoms with E-state index in [0.717, 1.165) is 11.6 Å². The first kappa shape index (κ1) is 37.1. The highest BCUT2D eigenvalue weighted by Crippen LogP contribution is 2.37. The van der Waals surface area contributed by atoms with Gasteiger partial charge in [0.2, 0.25) is 6.29 Å². The van der Waals surface area contributed by atoms with Crippen LogP contribution in [0.2, 0.25) is 10.0 Å². The lowest BCUT2D eigenvalue weighted by Crippen LogP contribution is -2.36. The van der Waals surface area contributed by atoms with E-state index in [-0.39, 0.29) is 45.8 Å². The molecule has 0 spiro atoms. The van der Waals surface area contributed by atoms with Crippen molar-refractivity contribution < 1.29 is 41.5 Å². The maximum Gasteiger partial charge on any atom is 0.314 e. The summed E-state index contributed by atoms with van der Waals surface area (Å²) in [5.41, 5.74) is 2.10. The zero-order valence-corrected chi connectivity index (χ0v) is 30.6. The molecule has 10 nitrogen and oxygen atoms in total. The summed E-state index contributed by atoms with van der Waals surface area (Å²) in [7, 11) is -3.55. The predicted octanol–water partition coefficient (Wildman–Crippen LogP) is 7.25. The summed E-state index contributed by atoms with van der Waals surface area (Å²) in [6, 6.07) is 14.7. The number of amides is 1. The van der Waals surface area contributed by atoms with Crippen molar-refractivity contribution >= 4 is 67.6 Å². The van der Waals surface area contributed by atoms with Crippen molar-refractivity contribution in [3.05, 3.63) is 98.7 Å². The highest BCUT2D eigenvalue weighted by Gasteiger charge is 2.33. The van der Waals surface area contributed by atoms with E-state index >= 15 is 0 Å². The summed E-state index contributed by atoms with van der Waals surface area (Å²) in [5, 5.41) is 1.08. The molecule has 1 aromatic heterocycles. The molecule has 1 aliphatic heterocycles. The zero-order valence-electron chi connectivity index (χ0n) is 28.2. The molecule has 264 valence electrons. The number of benzene rings is 3. The van der Waals surface area contributed by atoms with Crippen LogP contribution >= 0.6 is 23.2 Å². The number of fused-ring (bicyclic) bond motifs is 2. The molecule has 1 aliphatic rings. The van der Waals surface area contributed by atoms with Crippen LogP contribution in [-0.2, 0) is 48.3 Å². The first-order valence-corrected chi connectivity index (χ1v) is 18.6. The molecular weight excluding hydrogens is 705 g/mol. The van der Waals surface area contributed by atoms with E-state index < -0.39 is 45.2 Å². The van der Waals surface area contributed by atoms with Crippen LogP contribution in [-0.4, -0.2) is 56.0 Å². The number of esters is 2. The Morgan fingerprint density at radius 2 is 1.74 bits per heavy atom. The van der Waals surface area contributed by atoms with E-state index in [4.69, 9.17) is 37.1 Å². The number of carbonyl (C=O) groups excluding carboxylic acids is 4. The highest BCUT2D eigenvalue weighted by molar-refractivity contribution is 7.90. The van der Waals surface area contributed by atoms with Crippen molar-refractivity contribution in [3.63, 3.8) is 0 Å². The Morgan fingerprint density at radius 1 is 1.00 bits per heavy atom. The van der Waals surface area contributed by atoms with Gasteiger partial charge in [0.1, 0.15) is 5.58 Å². The Hall–Kier alpha value is -4.19. The minimum absolute atomic E-state index is 0.0324. The van der Waals surface area contributed by atoms with Crippen LogP contribution in [0.3, 0.4) is 0 Å². The third kappa shape index (κ3) is 8.39. The minimum Gasteiger partial charge on any atom is -0.464 e. The highest BCUT2D eigenvalue weighted by atomic mass is 35.5. The van der Waals surface area contributed by atoms with Gasteiger partial charge in [0.25, 0.3) is 5.91 Å². The molecule has 0 N–H and O–H groups in total. The molecule has 0 bridgehead atoms. The second-order valence-electron chi connectivity index (χ2n) is 13.4. The predicted molar refractivity (Wildman–Crippen MR) is 188 cm³/mol. The SMILES string of the molecule is CC(OC(=O)[C@@H](CC(=O)c1c(Cl)cc2c(c1Cl)CCN(C(=O)c1ccc3ccoc3c1)C2)Cc1cccc(S(C)(=O)=O)c1)OC(=O)C(C)(C)C. The van der Waals surface area contributed by atoms with E-state index in [2.05, 4.69) is 0 Å². The number of furan rings is 1. The molecule has 0 fully saturated rings. The van der Waals surface area contributed by atoms with Crippen molar-refractivity contribution in [2.24, 2.45) is 11.3 Å². The Balaban J connectivity index is 1.38. The van der Waals surface area contributed by atoms with Crippen molar-refractivity contribution in [2.45, 2.75) is 64.7 Å². The van der Waals surface area contributed by atoms with Gasteiger partial charge < -0.3 is 18.8 Å². The summed E-state index contributed by atoms with van der Waals surface area (Å²) in [6.07, 6.45) is 1.29. The van der Waals surface area contributed by atoms with E-state index in [0.29, 0.717) is 40.8 Å². The van der Waals surface area contributed by atoms with Gasteiger partial charge in [-0.1, -0.05) is 41.4 Å². The molecule has 0 saturated carbocycles. The Kier molecular flexibility index (Phi) is 10.8. The lowest BCUT2D eigenvalue weighted by molar-refractivity contribution is -0.192. The molecule has 2 heterocycles. The average Bonchev–Trinajstić information content (AvgIpc) is 3.51. The van der Waals surface area contributed by atoms with Gasteiger partial charge in [-0.3, -0.25) is 19.2 Å². The van der Waals surface area contributed by atoms with E-state index in [1.165, 1.54) is 19.1 Å². The normalized spacial score (nSPS) is 14.5. The number of halogens is 2. The standard InChI is InChI=1S/C37H37Cl2NO9S/c1-21(49-36(44)37(2,3)4)48-35(43)25(15-22-7-6-8-27(16-22)50(5,45)46)18-30(41)32-29(38)17-26-20-40(13-11-28(26)33(32)39)34(42)24-10-9-23-12-14-47-31(23)19-24/h6-10,12,14,16-17,19,21,25H,11,13,15,18,20H2,1-5H3/t21?,25-/m1/s1. The van der Waals surface area contributed by atoms with Crippen LogP contribution < -0.4 is 0 Å². The fraction of sp³-hybridized carbons (Fsp3) is 0.351. The number of Topliss-reactive ketones (excluding diaryl/α,β-unsaturated/α-hetero) is 1. The first-order valence-electron chi connectivity index (χ1n) is 15.9. The fourth-order valence-electron chi connectivity index (χ4n) is 5.71. The van der Waals surface area contributed by atoms with Crippen LogP contribution in [0.15, 0.2) is 70.2 Å². The summed E-state index contributed by atoms with van der Waals surface area (Å²) in [4.78, 5) is 54.9. The number of nitrogens with zero attached hydrogens (tertiary/aromatic N) is 1. The van der Waals surface area contributed by atoms with Crippen molar-refractivity contribution in [1.82, 2.24) is 4.90 Å². The largest absolute Gasteiger partial charge is 0.464 e. The first-order chi connectivity index (χ1) is 23.4. The van der Waals surface area contributed by atoms with Crippen molar-refractivity contribution in [2.75, 3.05) is 12.8 Å². The van der Waals surface area contributed by atoms with Crippen LogP contribution in [0.25, 0.3) is 11.0 Å². The summed E-state index contributed by atoms with van der Waals surface area (Å²) in [6.45, 7) is 6.92. The Bertz CT molecular complexity index is 2100. The minimum atomic E-state index is -3.55. The van der Waals surface area contributed by atoms with Gasteiger partial charge in [-0.05, 0) is 86.7 Å².